The van der Waals surface area contributed by atoms with Crippen LogP contribution >= 0.6 is 12.4 Å². The van der Waals surface area contributed by atoms with Crippen LogP contribution in [0.4, 0.5) is 0 Å². The molecule has 19 heavy (non-hydrogen) atoms. The number of ether oxygens (including phenoxy) is 1. The highest BCUT2D eigenvalue weighted by atomic mass is 35.5. The lowest BCUT2D eigenvalue weighted by molar-refractivity contribution is -0.122. The summed E-state index contributed by atoms with van der Waals surface area (Å²) < 4.78 is 5.67. The first-order chi connectivity index (χ1) is 8.66. The molecule has 1 aliphatic heterocycles. The molecule has 1 aromatic rings. The summed E-state index contributed by atoms with van der Waals surface area (Å²) in [6, 6.07) is 7.81. The molecule has 0 saturated carbocycles. The van der Waals surface area contributed by atoms with Gasteiger partial charge in [0.1, 0.15) is 5.75 Å². The summed E-state index contributed by atoms with van der Waals surface area (Å²) >= 11 is 0. The summed E-state index contributed by atoms with van der Waals surface area (Å²) in [6.07, 6.45) is 2.21. The molecule has 0 spiro atoms. The Hall–Kier alpha value is -1.26. The molecule has 0 fully saturated rings. The number of benzene rings is 1. The second kappa shape index (κ2) is 7.36. The van der Waals surface area contributed by atoms with E-state index >= 15 is 0 Å². The van der Waals surface area contributed by atoms with E-state index in [1.165, 1.54) is 0 Å². The molecule has 0 radical (unpaired) electrons. The topological polar surface area (TPSA) is 64.4 Å². The molecule has 0 saturated heterocycles. The number of carbonyl (C=O) groups is 1. The van der Waals surface area contributed by atoms with Gasteiger partial charge in [-0.25, -0.2) is 0 Å². The molecule has 4 nitrogen and oxygen atoms in total. The molecular weight excluding hydrogens is 264 g/mol. The zero-order valence-corrected chi connectivity index (χ0v) is 11.9. The van der Waals surface area contributed by atoms with Gasteiger partial charge in [-0.3, -0.25) is 4.79 Å². The van der Waals surface area contributed by atoms with Crippen molar-refractivity contribution in [1.82, 2.24) is 5.32 Å². The van der Waals surface area contributed by atoms with Crippen LogP contribution in [0, 0.1) is 0 Å². The lowest BCUT2D eigenvalue weighted by atomic mass is 10.0. The molecule has 0 aliphatic carbocycles. The average molecular weight is 285 g/mol. The van der Waals surface area contributed by atoms with Crippen molar-refractivity contribution in [2.75, 3.05) is 6.61 Å². The number of carbonyl (C=O) groups excluding carboxylic acids is 1. The highest BCUT2D eigenvalue weighted by molar-refractivity contribution is 5.85. The number of nitrogens with one attached hydrogen (secondary N) is 1. The number of hydrogen-bond acceptors (Lipinski definition) is 3. The molecule has 0 bridgehead atoms. The van der Waals surface area contributed by atoms with Crippen LogP contribution in [-0.2, 0) is 4.79 Å². The third-order valence-electron chi connectivity index (χ3n) is 3.03. The number of amides is 1. The van der Waals surface area contributed by atoms with E-state index in [4.69, 9.17) is 10.5 Å². The maximum Gasteiger partial charge on any atom is 0.222 e. The van der Waals surface area contributed by atoms with E-state index in [2.05, 4.69) is 5.32 Å². The first-order valence-corrected chi connectivity index (χ1v) is 6.43. The normalized spacial score (nSPS) is 19.2. The van der Waals surface area contributed by atoms with Gasteiger partial charge in [0.25, 0.3) is 0 Å². The van der Waals surface area contributed by atoms with Gasteiger partial charge >= 0.3 is 0 Å². The van der Waals surface area contributed by atoms with Crippen LogP contribution in [0.25, 0.3) is 0 Å². The van der Waals surface area contributed by atoms with Gasteiger partial charge in [0, 0.05) is 18.0 Å². The van der Waals surface area contributed by atoms with Gasteiger partial charge in [-0.05, 0) is 25.8 Å². The van der Waals surface area contributed by atoms with Crippen molar-refractivity contribution in [2.24, 2.45) is 5.73 Å². The van der Waals surface area contributed by atoms with Crippen LogP contribution in [0.3, 0.4) is 0 Å². The molecule has 0 aromatic heterocycles. The zero-order chi connectivity index (χ0) is 13.0. The van der Waals surface area contributed by atoms with Crippen LogP contribution in [0.1, 0.15) is 37.8 Å². The largest absolute Gasteiger partial charge is 0.493 e. The number of rotatable bonds is 3. The molecule has 106 valence electrons. The summed E-state index contributed by atoms with van der Waals surface area (Å²) in [7, 11) is 0. The van der Waals surface area contributed by atoms with Gasteiger partial charge in [-0.15, -0.1) is 12.4 Å². The van der Waals surface area contributed by atoms with Crippen molar-refractivity contribution in [1.29, 1.82) is 0 Å². The maximum absolute atomic E-state index is 11.8. The van der Waals surface area contributed by atoms with E-state index < -0.39 is 0 Å². The van der Waals surface area contributed by atoms with Crippen molar-refractivity contribution in [3.05, 3.63) is 29.8 Å². The Balaban J connectivity index is 0.00000180. The van der Waals surface area contributed by atoms with E-state index in [1.54, 1.807) is 0 Å². The third kappa shape index (κ3) is 4.40. The highest BCUT2D eigenvalue weighted by Gasteiger charge is 2.21. The van der Waals surface area contributed by atoms with E-state index in [0.29, 0.717) is 13.0 Å². The summed E-state index contributed by atoms with van der Waals surface area (Å²) in [5.74, 6) is 0.882. The van der Waals surface area contributed by atoms with E-state index in [9.17, 15) is 4.79 Å². The molecule has 2 atom stereocenters. The van der Waals surface area contributed by atoms with E-state index in [0.717, 1.165) is 24.2 Å². The van der Waals surface area contributed by atoms with Crippen LogP contribution in [0.2, 0.25) is 0 Å². The standard InChI is InChI=1S/C14H20N2O2.ClH/c1-10(15)9-14(17)16-12-6-4-8-18-13-7-3-2-5-11(12)13;/h2-3,5,7,10,12H,4,6,8-9,15H2,1H3,(H,16,17);1H. The fraction of sp³-hybridized carbons (Fsp3) is 0.500. The predicted octanol–water partition coefficient (Wildman–Crippen LogP) is 2.18. The number of para-hydroxylation sites is 1. The Morgan fingerprint density at radius 3 is 3.00 bits per heavy atom. The van der Waals surface area contributed by atoms with Gasteiger partial charge in [0.15, 0.2) is 0 Å². The monoisotopic (exact) mass is 284 g/mol. The van der Waals surface area contributed by atoms with E-state index in [-0.39, 0.29) is 30.4 Å². The van der Waals surface area contributed by atoms with Crippen molar-refractivity contribution in [3.63, 3.8) is 0 Å². The Bertz CT molecular complexity index is 424. The molecule has 2 rings (SSSR count). The maximum atomic E-state index is 11.8. The number of halogens is 1. The summed E-state index contributed by atoms with van der Waals surface area (Å²) in [6.45, 7) is 2.54. The molecule has 1 amide bonds. The predicted molar refractivity (Wildman–Crippen MR) is 77.6 cm³/mol. The van der Waals surface area contributed by atoms with Gasteiger partial charge in [0.2, 0.25) is 5.91 Å². The Morgan fingerprint density at radius 2 is 2.26 bits per heavy atom. The average Bonchev–Trinajstić information content (AvgIpc) is 2.51. The van der Waals surface area contributed by atoms with Crippen LogP contribution in [0.5, 0.6) is 5.75 Å². The number of fused-ring (bicyclic) bond motifs is 1. The summed E-state index contributed by atoms with van der Waals surface area (Å²) in [5, 5.41) is 3.05. The lowest BCUT2D eigenvalue weighted by Crippen LogP contribution is -2.32. The fourth-order valence-corrected chi connectivity index (χ4v) is 2.22. The Kier molecular flexibility index (Phi) is 6.12. The molecule has 3 N–H and O–H groups in total. The Labute approximate surface area is 120 Å². The van der Waals surface area contributed by atoms with Crippen LogP contribution in [0.15, 0.2) is 24.3 Å². The first kappa shape index (κ1) is 15.8. The number of nitrogens with two attached hydrogens (primary N) is 1. The van der Waals surface area contributed by atoms with Crippen molar-refractivity contribution in [3.8, 4) is 5.75 Å². The molecule has 2 unspecified atom stereocenters. The highest BCUT2D eigenvalue weighted by Crippen LogP contribution is 2.31. The zero-order valence-electron chi connectivity index (χ0n) is 11.1. The lowest BCUT2D eigenvalue weighted by Gasteiger charge is -2.18. The van der Waals surface area contributed by atoms with Gasteiger partial charge in [-0.1, -0.05) is 18.2 Å². The quantitative estimate of drug-likeness (QED) is 0.894. The molecular formula is C14H21ClN2O2. The third-order valence-corrected chi connectivity index (χ3v) is 3.03. The summed E-state index contributed by atoms with van der Waals surface area (Å²) in [4.78, 5) is 11.8. The van der Waals surface area contributed by atoms with Gasteiger partial charge < -0.3 is 15.8 Å². The first-order valence-electron chi connectivity index (χ1n) is 6.43. The summed E-state index contributed by atoms with van der Waals surface area (Å²) in [5.41, 5.74) is 6.70. The molecule has 1 aliphatic rings. The SMILES string of the molecule is CC(N)CC(=O)NC1CCCOc2ccccc21.Cl. The van der Waals surface area contributed by atoms with Crippen molar-refractivity contribution >= 4 is 18.3 Å². The van der Waals surface area contributed by atoms with Gasteiger partial charge in [0.05, 0.1) is 12.6 Å². The van der Waals surface area contributed by atoms with Crippen LogP contribution in [-0.4, -0.2) is 18.6 Å². The molecule has 1 aromatic carbocycles. The second-order valence-electron chi connectivity index (χ2n) is 4.83. The number of hydrogen-bond donors (Lipinski definition) is 2. The second-order valence-corrected chi connectivity index (χ2v) is 4.83. The van der Waals surface area contributed by atoms with E-state index in [1.807, 2.05) is 31.2 Å². The molecule has 1 heterocycles. The minimum atomic E-state index is -0.109. The van der Waals surface area contributed by atoms with Gasteiger partial charge in [-0.2, -0.15) is 0 Å². The molecule has 5 heteroatoms. The minimum absolute atomic E-state index is 0. The van der Waals surface area contributed by atoms with Crippen LogP contribution < -0.4 is 15.8 Å². The smallest absolute Gasteiger partial charge is 0.222 e. The Morgan fingerprint density at radius 1 is 1.53 bits per heavy atom. The fourth-order valence-electron chi connectivity index (χ4n) is 2.22. The van der Waals surface area contributed by atoms with Crippen molar-refractivity contribution in [2.45, 2.75) is 38.3 Å². The van der Waals surface area contributed by atoms with Crippen molar-refractivity contribution < 1.29 is 9.53 Å². The minimum Gasteiger partial charge on any atom is -0.493 e.